The highest BCUT2D eigenvalue weighted by molar-refractivity contribution is 7.16. The van der Waals surface area contributed by atoms with Gasteiger partial charge in [-0.05, 0) is 26.2 Å². The maximum absolute atomic E-state index is 13.6. The molecule has 0 bridgehead atoms. The van der Waals surface area contributed by atoms with E-state index in [0.717, 1.165) is 19.3 Å². The largest absolute Gasteiger partial charge is 0.460 e. The number of anilines is 1. The van der Waals surface area contributed by atoms with Gasteiger partial charge in [0.25, 0.3) is 0 Å². The number of hydrogen-bond donors (Lipinski definition) is 0. The molecule has 1 saturated carbocycles. The van der Waals surface area contributed by atoms with Gasteiger partial charge < -0.3 is 14.5 Å². The third-order valence-corrected chi connectivity index (χ3v) is 7.84. The van der Waals surface area contributed by atoms with Gasteiger partial charge in [-0.3, -0.25) is 4.79 Å². The second kappa shape index (κ2) is 10.5. The molecule has 1 saturated heterocycles. The Bertz CT molecular complexity index is 1270. The minimum absolute atomic E-state index is 0.0563. The number of piperazine rings is 1. The summed E-state index contributed by atoms with van der Waals surface area (Å²) >= 11 is 0.592. The molecule has 0 N–H and O–H groups in total. The molecule has 14 heteroatoms. The number of ether oxygens (including phenoxy) is 1. The molecule has 38 heavy (non-hydrogen) atoms. The number of aromatic nitrogens is 6. The third kappa shape index (κ3) is 5.59. The molecule has 0 spiro atoms. The molecule has 1 atom stereocenters. The molecule has 3 aromatic rings. The summed E-state index contributed by atoms with van der Waals surface area (Å²) in [6, 6.07) is -0.0250. The molecule has 5 rings (SSSR count). The van der Waals surface area contributed by atoms with E-state index in [1.807, 2.05) is 25.7 Å². The Balaban J connectivity index is 1.32. The average Bonchev–Trinajstić information content (AvgIpc) is 3.49. The van der Waals surface area contributed by atoms with Crippen LogP contribution in [0.2, 0.25) is 0 Å². The fourth-order valence-corrected chi connectivity index (χ4v) is 5.36. The number of hydrogen-bond acceptors (Lipinski definition) is 9. The molecular weight excluding hydrogens is 521 g/mol. The first-order chi connectivity index (χ1) is 18.1. The van der Waals surface area contributed by atoms with Gasteiger partial charge in [0.15, 0.2) is 5.82 Å². The van der Waals surface area contributed by atoms with Crippen molar-refractivity contribution in [1.82, 2.24) is 34.6 Å². The maximum Gasteiger partial charge on any atom is 0.443 e. The van der Waals surface area contributed by atoms with Crippen LogP contribution in [0.4, 0.5) is 18.2 Å². The summed E-state index contributed by atoms with van der Waals surface area (Å²) < 4.78 is 48.1. The third-order valence-electron chi connectivity index (χ3n) is 6.68. The van der Waals surface area contributed by atoms with Crippen molar-refractivity contribution < 1.29 is 22.7 Å². The average molecular weight is 551 g/mol. The van der Waals surface area contributed by atoms with Crippen molar-refractivity contribution in [3.8, 4) is 17.3 Å². The first kappa shape index (κ1) is 26.3. The van der Waals surface area contributed by atoms with Gasteiger partial charge >= 0.3 is 12.2 Å². The van der Waals surface area contributed by atoms with E-state index in [-0.39, 0.29) is 42.2 Å². The van der Waals surface area contributed by atoms with E-state index in [0.29, 0.717) is 47.4 Å². The summed E-state index contributed by atoms with van der Waals surface area (Å²) in [6.07, 6.45) is 2.94. The van der Waals surface area contributed by atoms with Gasteiger partial charge in [-0.25, -0.2) is 24.6 Å². The molecular formula is C24H29F3N8O2S. The van der Waals surface area contributed by atoms with Crippen LogP contribution in [0.3, 0.4) is 0 Å². The second-order valence-corrected chi connectivity index (χ2v) is 10.9. The van der Waals surface area contributed by atoms with Gasteiger partial charge in [0.1, 0.15) is 29.7 Å². The Morgan fingerprint density at radius 1 is 1.18 bits per heavy atom. The lowest BCUT2D eigenvalue weighted by Gasteiger charge is -2.40. The number of alkyl halides is 3. The zero-order valence-electron chi connectivity index (χ0n) is 21.4. The van der Waals surface area contributed by atoms with Gasteiger partial charge in [-0.15, -0.1) is 0 Å². The summed E-state index contributed by atoms with van der Waals surface area (Å²) in [5.74, 6) is 0.703. The smallest absolute Gasteiger partial charge is 0.443 e. The lowest BCUT2D eigenvalue weighted by atomic mass is 9.96. The molecule has 4 heterocycles. The first-order valence-electron chi connectivity index (χ1n) is 12.6. The van der Waals surface area contributed by atoms with Crippen LogP contribution in [0.25, 0.3) is 11.3 Å². The van der Waals surface area contributed by atoms with Gasteiger partial charge in [0.2, 0.25) is 10.9 Å². The van der Waals surface area contributed by atoms with Crippen LogP contribution in [0.5, 0.6) is 6.01 Å². The maximum atomic E-state index is 13.6. The highest BCUT2D eigenvalue weighted by Crippen LogP contribution is 2.43. The van der Waals surface area contributed by atoms with Crippen molar-refractivity contribution in [3.05, 3.63) is 29.6 Å². The van der Waals surface area contributed by atoms with Crippen molar-refractivity contribution in [2.45, 2.75) is 70.8 Å². The normalized spacial score (nSPS) is 18.7. The van der Waals surface area contributed by atoms with Crippen molar-refractivity contribution in [2.24, 2.45) is 0 Å². The Labute approximate surface area is 221 Å². The summed E-state index contributed by atoms with van der Waals surface area (Å²) in [5.41, 5.74) is 0.555. The standard InChI is InChI=1S/C24H29F3N8O2S/c1-14(2)20-30-13-34(32-20)12-18(36)35-8-7-33(11-15(35)3)21-19(31-22(38-21)24(25,26)27)16-9-28-23(29-10-16)37-17-5-4-6-17/h9-10,13-15,17H,4-8,11-12H2,1-3H3. The van der Waals surface area contributed by atoms with Gasteiger partial charge in [0.05, 0.1) is 0 Å². The molecule has 1 unspecified atom stereocenters. The Kier molecular flexibility index (Phi) is 7.25. The minimum atomic E-state index is -4.58. The lowest BCUT2D eigenvalue weighted by Crippen LogP contribution is -2.54. The quantitative estimate of drug-likeness (QED) is 0.435. The van der Waals surface area contributed by atoms with Crippen molar-refractivity contribution >= 4 is 22.2 Å². The lowest BCUT2D eigenvalue weighted by molar-refractivity contribution is -0.137. The summed E-state index contributed by atoms with van der Waals surface area (Å²) in [5, 5.41) is 3.79. The Hall–Kier alpha value is -3.29. The first-order valence-corrected chi connectivity index (χ1v) is 13.4. The van der Waals surface area contributed by atoms with Gasteiger partial charge in [0, 0.05) is 49.6 Å². The number of thiazole rings is 1. The van der Waals surface area contributed by atoms with Crippen LogP contribution in [-0.2, 0) is 17.5 Å². The fraction of sp³-hybridized carbons (Fsp3) is 0.583. The van der Waals surface area contributed by atoms with E-state index in [4.69, 9.17) is 4.74 Å². The van der Waals surface area contributed by atoms with Crippen LogP contribution in [0.1, 0.15) is 56.8 Å². The van der Waals surface area contributed by atoms with Crippen molar-refractivity contribution in [1.29, 1.82) is 0 Å². The van der Waals surface area contributed by atoms with E-state index in [1.54, 1.807) is 11.2 Å². The second-order valence-electron chi connectivity index (χ2n) is 9.93. The number of carbonyl (C=O) groups is 1. The predicted octanol–water partition coefficient (Wildman–Crippen LogP) is 4.00. The number of amides is 1. The van der Waals surface area contributed by atoms with Crippen molar-refractivity contribution in [2.75, 3.05) is 24.5 Å². The molecule has 0 radical (unpaired) electrons. The Morgan fingerprint density at radius 2 is 1.92 bits per heavy atom. The zero-order chi connectivity index (χ0) is 27.0. The number of carbonyl (C=O) groups excluding carboxylic acids is 1. The number of rotatable bonds is 7. The van der Waals surface area contributed by atoms with Crippen LogP contribution in [0, 0.1) is 0 Å². The molecule has 3 aromatic heterocycles. The number of halogens is 3. The van der Waals surface area contributed by atoms with Gasteiger partial charge in [-0.2, -0.15) is 18.3 Å². The van der Waals surface area contributed by atoms with E-state index in [2.05, 4.69) is 25.0 Å². The van der Waals surface area contributed by atoms with Crippen LogP contribution in [-0.4, -0.2) is 72.3 Å². The van der Waals surface area contributed by atoms with Crippen LogP contribution < -0.4 is 9.64 Å². The van der Waals surface area contributed by atoms with Crippen LogP contribution in [0.15, 0.2) is 18.7 Å². The van der Waals surface area contributed by atoms with E-state index >= 15 is 0 Å². The molecule has 0 aromatic carbocycles. The molecule has 1 aliphatic heterocycles. The van der Waals surface area contributed by atoms with E-state index in [9.17, 15) is 18.0 Å². The molecule has 1 amide bonds. The van der Waals surface area contributed by atoms with Gasteiger partial charge in [-0.1, -0.05) is 25.2 Å². The SMILES string of the molecule is CC(C)c1ncn(CC(=O)N2CCN(c3sc(C(F)(F)F)nc3-c3cnc(OC4CCC4)nc3)CC2C)n1. The fourth-order valence-electron chi connectivity index (χ4n) is 4.36. The monoisotopic (exact) mass is 550 g/mol. The predicted molar refractivity (Wildman–Crippen MR) is 134 cm³/mol. The highest BCUT2D eigenvalue weighted by atomic mass is 32.1. The zero-order valence-corrected chi connectivity index (χ0v) is 22.2. The van der Waals surface area contributed by atoms with E-state index in [1.165, 1.54) is 17.1 Å². The Morgan fingerprint density at radius 3 is 2.50 bits per heavy atom. The van der Waals surface area contributed by atoms with Crippen LogP contribution >= 0.6 is 11.3 Å². The molecule has 2 aliphatic rings. The topological polar surface area (TPSA) is 102 Å². The molecule has 2 fully saturated rings. The molecule has 204 valence electrons. The minimum Gasteiger partial charge on any atom is -0.460 e. The number of nitrogens with zero attached hydrogens (tertiary/aromatic N) is 8. The highest BCUT2D eigenvalue weighted by Gasteiger charge is 2.38. The summed E-state index contributed by atoms with van der Waals surface area (Å²) in [7, 11) is 0. The summed E-state index contributed by atoms with van der Waals surface area (Å²) in [6.45, 7) is 6.97. The van der Waals surface area contributed by atoms with Crippen molar-refractivity contribution in [3.63, 3.8) is 0 Å². The molecule has 10 nitrogen and oxygen atoms in total. The molecule has 1 aliphatic carbocycles. The van der Waals surface area contributed by atoms with E-state index < -0.39 is 11.2 Å². The summed E-state index contributed by atoms with van der Waals surface area (Å²) in [4.78, 5) is 33.1.